The van der Waals surface area contributed by atoms with Crippen LogP contribution < -0.4 is 0 Å². The molecule has 1 N–H and O–H groups in total. The molecule has 0 saturated heterocycles. The van der Waals surface area contributed by atoms with Crippen molar-refractivity contribution in [2.75, 3.05) is 0 Å². The monoisotopic (exact) mass is 225 g/mol. The Morgan fingerprint density at radius 1 is 1.56 bits per heavy atom. The number of nitriles is 1. The van der Waals surface area contributed by atoms with Gasteiger partial charge in [0.25, 0.3) is 6.43 Å². The van der Waals surface area contributed by atoms with Gasteiger partial charge in [-0.2, -0.15) is 5.26 Å². The summed E-state index contributed by atoms with van der Waals surface area (Å²) < 4.78 is 25.0. The van der Waals surface area contributed by atoms with Crippen molar-refractivity contribution in [1.29, 1.82) is 5.26 Å². The number of hydrogen-bond donors (Lipinski definition) is 1. The predicted molar refractivity (Wildman–Crippen MR) is 52.5 cm³/mol. The molecule has 1 rings (SSSR count). The number of rotatable bonds is 3. The van der Waals surface area contributed by atoms with E-state index in [-0.39, 0.29) is 28.7 Å². The minimum atomic E-state index is -2.71. The van der Waals surface area contributed by atoms with Gasteiger partial charge < -0.3 is 5.11 Å². The average molecular weight is 225 g/mol. The quantitative estimate of drug-likeness (QED) is 0.860. The number of aryl methyl sites for hydroxylation is 1. The number of aromatic carboxylic acids is 1. The first kappa shape index (κ1) is 12.1. The smallest absolute Gasteiger partial charge is 0.337 e. The predicted octanol–water partition coefficient (Wildman–Crippen LogP) is 2.76. The third-order valence-electron chi connectivity index (χ3n) is 2.21. The van der Waals surface area contributed by atoms with Gasteiger partial charge in [-0.15, -0.1) is 0 Å². The molecule has 0 fully saturated rings. The normalized spacial score (nSPS) is 10.2. The molecule has 0 spiro atoms. The summed E-state index contributed by atoms with van der Waals surface area (Å²) in [6.07, 6.45) is -2.42. The molecule has 3 nitrogen and oxygen atoms in total. The van der Waals surface area contributed by atoms with E-state index in [1.807, 2.05) is 0 Å². The van der Waals surface area contributed by atoms with Crippen LogP contribution in [0.15, 0.2) is 12.1 Å². The van der Waals surface area contributed by atoms with E-state index in [1.165, 1.54) is 0 Å². The van der Waals surface area contributed by atoms with Crippen molar-refractivity contribution in [2.24, 2.45) is 0 Å². The lowest BCUT2D eigenvalue weighted by Gasteiger charge is -2.08. The van der Waals surface area contributed by atoms with Gasteiger partial charge in [-0.3, -0.25) is 0 Å². The van der Waals surface area contributed by atoms with Crippen LogP contribution in [0.3, 0.4) is 0 Å². The van der Waals surface area contributed by atoms with Gasteiger partial charge in [0, 0.05) is 5.56 Å². The Labute approximate surface area is 90.9 Å². The molecule has 0 saturated carbocycles. The van der Waals surface area contributed by atoms with Crippen LogP contribution in [0.1, 0.15) is 40.4 Å². The number of hydrogen-bond acceptors (Lipinski definition) is 2. The highest BCUT2D eigenvalue weighted by Gasteiger charge is 2.19. The van der Waals surface area contributed by atoms with Crippen LogP contribution >= 0.6 is 0 Å². The third-order valence-corrected chi connectivity index (χ3v) is 2.21. The number of carbonyl (C=O) groups is 1. The van der Waals surface area contributed by atoms with E-state index in [0.717, 1.165) is 12.1 Å². The summed E-state index contributed by atoms with van der Waals surface area (Å²) in [4.78, 5) is 10.9. The van der Waals surface area contributed by atoms with Crippen LogP contribution in [0.5, 0.6) is 0 Å². The molecular formula is C11H9F2NO2. The maximum atomic E-state index is 12.5. The highest BCUT2D eigenvalue weighted by molar-refractivity contribution is 5.92. The van der Waals surface area contributed by atoms with Gasteiger partial charge in [0.2, 0.25) is 0 Å². The van der Waals surface area contributed by atoms with Crippen LogP contribution in [0.2, 0.25) is 0 Å². The number of benzene rings is 1. The summed E-state index contributed by atoms with van der Waals surface area (Å²) in [5, 5.41) is 17.6. The molecule has 1 aromatic carbocycles. The fourth-order valence-electron chi connectivity index (χ4n) is 1.47. The van der Waals surface area contributed by atoms with Crippen molar-refractivity contribution < 1.29 is 18.7 Å². The Kier molecular flexibility index (Phi) is 3.56. The van der Waals surface area contributed by atoms with Gasteiger partial charge >= 0.3 is 5.97 Å². The van der Waals surface area contributed by atoms with E-state index in [2.05, 4.69) is 0 Å². The topological polar surface area (TPSA) is 61.1 Å². The number of nitrogens with zero attached hydrogens (tertiary/aromatic N) is 1. The Balaban J connectivity index is 3.51. The molecule has 16 heavy (non-hydrogen) atoms. The number of carboxylic acid groups (broad SMARTS) is 1. The largest absolute Gasteiger partial charge is 0.478 e. The molecule has 0 aromatic heterocycles. The molecule has 0 aliphatic rings. The molecule has 84 valence electrons. The van der Waals surface area contributed by atoms with Gasteiger partial charge in [-0.25, -0.2) is 13.6 Å². The molecule has 0 amide bonds. The SMILES string of the molecule is CCc1cc(C(F)F)cc(C#N)c1C(=O)O. The summed E-state index contributed by atoms with van der Waals surface area (Å²) in [6, 6.07) is 3.69. The zero-order valence-corrected chi connectivity index (χ0v) is 8.50. The van der Waals surface area contributed by atoms with Crippen molar-refractivity contribution >= 4 is 5.97 Å². The number of halogens is 2. The van der Waals surface area contributed by atoms with Crippen LogP contribution in [-0.2, 0) is 6.42 Å². The summed E-state index contributed by atoms with van der Waals surface area (Å²) in [5.41, 5.74) is -0.475. The van der Waals surface area contributed by atoms with E-state index in [4.69, 9.17) is 10.4 Å². The first-order chi connectivity index (χ1) is 7.51. The second kappa shape index (κ2) is 4.71. The van der Waals surface area contributed by atoms with E-state index in [0.29, 0.717) is 0 Å². The van der Waals surface area contributed by atoms with E-state index in [1.54, 1.807) is 13.0 Å². The summed E-state index contributed by atoms with van der Waals surface area (Å²) in [5.74, 6) is -1.27. The van der Waals surface area contributed by atoms with Gasteiger partial charge in [0.1, 0.15) is 6.07 Å². The number of carboxylic acids is 1. The van der Waals surface area contributed by atoms with Gasteiger partial charge in [-0.05, 0) is 24.1 Å². The second-order valence-electron chi connectivity index (χ2n) is 3.17. The van der Waals surface area contributed by atoms with Crippen LogP contribution in [0.25, 0.3) is 0 Å². The van der Waals surface area contributed by atoms with Crippen molar-refractivity contribution in [3.63, 3.8) is 0 Å². The van der Waals surface area contributed by atoms with E-state index >= 15 is 0 Å². The van der Waals surface area contributed by atoms with Gasteiger partial charge in [-0.1, -0.05) is 6.92 Å². The lowest BCUT2D eigenvalue weighted by Crippen LogP contribution is -2.06. The van der Waals surface area contributed by atoms with Crippen molar-refractivity contribution in [2.45, 2.75) is 19.8 Å². The molecule has 5 heteroatoms. The molecule has 0 radical (unpaired) electrons. The van der Waals surface area contributed by atoms with Crippen LogP contribution in [0.4, 0.5) is 8.78 Å². The minimum Gasteiger partial charge on any atom is -0.478 e. The van der Waals surface area contributed by atoms with Crippen molar-refractivity contribution in [1.82, 2.24) is 0 Å². The number of alkyl halides is 2. The summed E-state index contributed by atoms with van der Waals surface area (Å²) in [7, 11) is 0. The molecule has 1 aromatic rings. The Morgan fingerprint density at radius 2 is 2.19 bits per heavy atom. The maximum Gasteiger partial charge on any atom is 0.337 e. The Morgan fingerprint density at radius 3 is 2.56 bits per heavy atom. The molecule has 0 heterocycles. The lowest BCUT2D eigenvalue weighted by molar-refractivity contribution is 0.0695. The molecule has 0 unspecified atom stereocenters. The molecule has 0 bridgehead atoms. The Bertz CT molecular complexity index is 464. The fourth-order valence-corrected chi connectivity index (χ4v) is 1.47. The summed E-state index contributed by atoms with van der Waals surface area (Å²) in [6.45, 7) is 1.65. The maximum absolute atomic E-state index is 12.5. The van der Waals surface area contributed by atoms with E-state index in [9.17, 15) is 13.6 Å². The van der Waals surface area contributed by atoms with Gasteiger partial charge in [0.15, 0.2) is 0 Å². The molecular weight excluding hydrogens is 216 g/mol. The van der Waals surface area contributed by atoms with Gasteiger partial charge in [0.05, 0.1) is 11.1 Å². The van der Waals surface area contributed by atoms with Crippen LogP contribution in [-0.4, -0.2) is 11.1 Å². The standard InChI is InChI=1S/C11H9F2NO2/c1-2-6-3-7(10(12)13)4-8(5-14)9(6)11(15)16/h3-4,10H,2H2,1H3,(H,15,16). The third kappa shape index (κ3) is 2.16. The Hall–Kier alpha value is -1.96. The summed E-state index contributed by atoms with van der Waals surface area (Å²) >= 11 is 0. The minimum absolute atomic E-state index is 0.186. The second-order valence-corrected chi connectivity index (χ2v) is 3.17. The van der Waals surface area contributed by atoms with Crippen LogP contribution in [0, 0.1) is 11.3 Å². The first-order valence-electron chi connectivity index (χ1n) is 4.59. The average Bonchev–Trinajstić information content (AvgIpc) is 2.26. The fraction of sp³-hybridized carbons (Fsp3) is 0.273. The lowest BCUT2D eigenvalue weighted by atomic mass is 9.96. The molecule has 0 aliphatic heterocycles. The van der Waals surface area contributed by atoms with E-state index < -0.39 is 12.4 Å². The van der Waals surface area contributed by atoms with Crippen molar-refractivity contribution in [3.8, 4) is 6.07 Å². The molecule has 0 aliphatic carbocycles. The first-order valence-corrected chi connectivity index (χ1v) is 4.59. The zero-order valence-electron chi connectivity index (χ0n) is 8.50. The van der Waals surface area contributed by atoms with Crippen molar-refractivity contribution in [3.05, 3.63) is 34.4 Å². The highest BCUT2D eigenvalue weighted by atomic mass is 19.3. The molecule has 0 atom stereocenters. The highest BCUT2D eigenvalue weighted by Crippen LogP contribution is 2.25. The zero-order chi connectivity index (χ0) is 12.3.